The third kappa shape index (κ3) is 4.99. The first kappa shape index (κ1) is 19.8. The van der Waals surface area contributed by atoms with E-state index in [-0.39, 0.29) is 18.4 Å². The van der Waals surface area contributed by atoms with E-state index in [9.17, 15) is 4.79 Å². The minimum atomic E-state index is -0.250. The largest absolute Gasteiger partial charge is 0.496 e. The SMILES string of the molecule is COc1cccc(OC)c1CC(=O)NCC(N)c1ccc(C(C)C)cc1. The second kappa shape index (κ2) is 9.25. The highest BCUT2D eigenvalue weighted by Gasteiger charge is 2.15. The van der Waals surface area contributed by atoms with Gasteiger partial charge in [-0.3, -0.25) is 4.79 Å². The Balaban J connectivity index is 1.96. The molecule has 0 aliphatic heterocycles. The summed E-state index contributed by atoms with van der Waals surface area (Å²) in [7, 11) is 3.15. The van der Waals surface area contributed by atoms with Gasteiger partial charge in [0.05, 0.1) is 20.6 Å². The Labute approximate surface area is 155 Å². The molecule has 0 spiro atoms. The maximum Gasteiger partial charge on any atom is 0.224 e. The van der Waals surface area contributed by atoms with Crippen LogP contribution in [-0.2, 0) is 11.2 Å². The van der Waals surface area contributed by atoms with Gasteiger partial charge in [-0.05, 0) is 29.2 Å². The van der Waals surface area contributed by atoms with E-state index in [4.69, 9.17) is 15.2 Å². The molecule has 0 bridgehead atoms. The summed E-state index contributed by atoms with van der Waals surface area (Å²) in [6.07, 6.45) is 0.173. The number of rotatable bonds is 8. The molecule has 2 aromatic carbocycles. The fourth-order valence-electron chi connectivity index (χ4n) is 2.80. The lowest BCUT2D eigenvalue weighted by atomic mass is 9.99. The fourth-order valence-corrected chi connectivity index (χ4v) is 2.80. The molecule has 3 N–H and O–H groups in total. The summed E-state index contributed by atoms with van der Waals surface area (Å²) in [5, 5.41) is 2.89. The first-order valence-corrected chi connectivity index (χ1v) is 8.78. The zero-order chi connectivity index (χ0) is 19.1. The van der Waals surface area contributed by atoms with Crippen molar-refractivity contribution in [3.8, 4) is 11.5 Å². The van der Waals surface area contributed by atoms with E-state index < -0.39 is 0 Å². The molecule has 140 valence electrons. The molecule has 5 nitrogen and oxygen atoms in total. The van der Waals surface area contributed by atoms with Crippen LogP contribution < -0.4 is 20.5 Å². The van der Waals surface area contributed by atoms with Gasteiger partial charge in [0.1, 0.15) is 11.5 Å². The summed E-state index contributed by atoms with van der Waals surface area (Å²) >= 11 is 0. The Morgan fingerprint density at radius 2 is 1.54 bits per heavy atom. The van der Waals surface area contributed by atoms with Gasteiger partial charge >= 0.3 is 0 Å². The van der Waals surface area contributed by atoms with Crippen LogP contribution in [0.1, 0.15) is 42.5 Å². The number of nitrogens with one attached hydrogen (secondary N) is 1. The highest BCUT2D eigenvalue weighted by Crippen LogP contribution is 2.28. The quantitative estimate of drug-likeness (QED) is 0.762. The van der Waals surface area contributed by atoms with Crippen molar-refractivity contribution in [2.45, 2.75) is 32.2 Å². The zero-order valence-corrected chi connectivity index (χ0v) is 15.9. The first-order valence-electron chi connectivity index (χ1n) is 8.78. The Morgan fingerprint density at radius 3 is 2.04 bits per heavy atom. The van der Waals surface area contributed by atoms with E-state index in [1.165, 1.54) is 5.56 Å². The predicted molar refractivity (Wildman–Crippen MR) is 104 cm³/mol. The monoisotopic (exact) mass is 356 g/mol. The molecule has 2 rings (SSSR count). The number of hydrogen-bond acceptors (Lipinski definition) is 4. The lowest BCUT2D eigenvalue weighted by molar-refractivity contribution is -0.120. The van der Waals surface area contributed by atoms with Crippen molar-refractivity contribution < 1.29 is 14.3 Å². The number of nitrogens with two attached hydrogens (primary N) is 1. The minimum Gasteiger partial charge on any atom is -0.496 e. The molecule has 1 amide bonds. The van der Waals surface area contributed by atoms with E-state index in [1.54, 1.807) is 14.2 Å². The molecule has 2 aromatic rings. The molecule has 0 saturated carbocycles. The van der Waals surface area contributed by atoms with Gasteiger partial charge in [0.25, 0.3) is 0 Å². The van der Waals surface area contributed by atoms with Crippen LogP contribution in [0.2, 0.25) is 0 Å². The van der Waals surface area contributed by atoms with Crippen LogP contribution >= 0.6 is 0 Å². The molecule has 1 atom stereocenters. The first-order chi connectivity index (χ1) is 12.5. The number of ether oxygens (including phenoxy) is 2. The van der Waals surface area contributed by atoms with Crippen molar-refractivity contribution in [3.05, 3.63) is 59.2 Å². The van der Waals surface area contributed by atoms with E-state index in [0.29, 0.717) is 24.0 Å². The van der Waals surface area contributed by atoms with Gasteiger partial charge in [-0.1, -0.05) is 44.2 Å². The maximum absolute atomic E-state index is 12.4. The van der Waals surface area contributed by atoms with Crippen LogP contribution in [0.4, 0.5) is 0 Å². The van der Waals surface area contributed by atoms with E-state index in [0.717, 1.165) is 11.1 Å². The number of carbonyl (C=O) groups is 1. The standard InChI is InChI=1S/C21H28N2O3/c1-14(2)15-8-10-16(11-9-15)18(22)13-23-21(24)12-17-19(25-3)6-5-7-20(17)26-4/h5-11,14,18H,12-13,22H2,1-4H3,(H,23,24). The van der Waals surface area contributed by atoms with Gasteiger partial charge in [-0.15, -0.1) is 0 Å². The molecular weight excluding hydrogens is 328 g/mol. The molecule has 5 heteroatoms. The summed E-state index contributed by atoms with van der Waals surface area (Å²) in [5.41, 5.74) is 9.21. The average molecular weight is 356 g/mol. The van der Waals surface area contributed by atoms with Crippen LogP contribution in [0.5, 0.6) is 11.5 Å². The molecule has 0 aliphatic carbocycles. The summed E-state index contributed by atoms with van der Waals surface area (Å²) in [6.45, 7) is 4.68. The van der Waals surface area contributed by atoms with Crippen LogP contribution in [-0.4, -0.2) is 26.7 Å². The number of methoxy groups -OCH3 is 2. The fraction of sp³-hybridized carbons (Fsp3) is 0.381. The lowest BCUT2D eigenvalue weighted by Crippen LogP contribution is -2.33. The van der Waals surface area contributed by atoms with Crippen molar-refractivity contribution in [2.75, 3.05) is 20.8 Å². The number of carbonyl (C=O) groups excluding carboxylic acids is 1. The summed E-state index contributed by atoms with van der Waals surface area (Å²) in [6, 6.07) is 13.4. The Kier molecular flexibility index (Phi) is 7.04. The van der Waals surface area contributed by atoms with E-state index in [2.05, 4.69) is 31.3 Å². The van der Waals surface area contributed by atoms with Crippen molar-refractivity contribution in [2.24, 2.45) is 5.73 Å². The van der Waals surface area contributed by atoms with Crippen LogP contribution in [0.15, 0.2) is 42.5 Å². The highest BCUT2D eigenvalue weighted by molar-refractivity contribution is 5.80. The smallest absolute Gasteiger partial charge is 0.224 e. The van der Waals surface area contributed by atoms with Gasteiger partial charge in [-0.25, -0.2) is 0 Å². The van der Waals surface area contributed by atoms with Gasteiger partial charge < -0.3 is 20.5 Å². The van der Waals surface area contributed by atoms with Gasteiger partial charge in [-0.2, -0.15) is 0 Å². The third-order valence-electron chi connectivity index (χ3n) is 4.42. The molecule has 0 radical (unpaired) electrons. The zero-order valence-electron chi connectivity index (χ0n) is 15.9. The maximum atomic E-state index is 12.4. The van der Waals surface area contributed by atoms with Gasteiger partial charge in [0.2, 0.25) is 5.91 Å². The average Bonchev–Trinajstić information content (AvgIpc) is 2.66. The lowest BCUT2D eigenvalue weighted by Gasteiger charge is -2.16. The molecule has 0 aliphatic rings. The Morgan fingerprint density at radius 1 is 1.00 bits per heavy atom. The Bertz CT molecular complexity index is 704. The summed E-state index contributed by atoms with van der Waals surface area (Å²) < 4.78 is 10.7. The highest BCUT2D eigenvalue weighted by atomic mass is 16.5. The van der Waals surface area contributed by atoms with Crippen molar-refractivity contribution in [3.63, 3.8) is 0 Å². The van der Waals surface area contributed by atoms with Crippen LogP contribution in [0.25, 0.3) is 0 Å². The normalized spacial score (nSPS) is 11.9. The van der Waals surface area contributed by atoms with Crippen molar-refractivity contribution in [1.29, 1.82) is 0 Å². The van der Waals surface area contributed by atoms with Gasteiger partial charge in [0, 0.05) is 18.2 Å². The molecule has 0 aromatic heterocycles. The number of hydrogen-bond donors (Lipinski definition) is 2. The number of amides is 1. The van der Waals surface area contributed by atoms with E-state index in [1.807, 2.05) is 30.3 Å². The van der Waals surface area contributed by atoms with E-state index >= 15 is 0 Å². The predicted octanol–water partition coefficient (Wildman–Crippen LogP) is 3.19. The minimum absolute atomic E-state index is 0.123. The van der Waals surface area contributed by atoms with Gasteiger partial charge in [0.15, 0.2) is 0 Å². The summed E-state index contributed by atoms with van der Waals surface area (Å²) in [4.78, 5) is 12.4. The van der Waals surface area contributed by atoms with Crippen LogP contribution in [0.3, 0.4) is 0 Å². The number of benzene rings is 2. The van der Waals surface area contributed by atoms with Crippen LogP contribution in [0, 0.1) is 0 Å². The summed E-state index contributed by atoms with van der Waals surface area (Å²) in [5.74, 6) is 1.62. The molecular formula is C21H28N2O3. The Hall–Kier alpha value is -2.53. The molecule has 26 heavy (non-hydrogen) atoms. The van der Waals surface area contributed by atoms with Crippen molar-refractivity contribution >= 4 is 5.91 Å². The second-order valence-electron chi connectivity index (χ2n) is 6.55. The molecule has 1 unspecified atom stereocenters. The topological polar surface area (TPSA) is 73.6 Å². The third-order valence-corrected chi connectivity index (χ3v) is 4.42. The molecule has 0 fully saturated rings. The molecule has 0 saturated heterocycles. The second-order valence-corrected chi connectivity index (χ2v) is 6.55. The molecule has 0 heterocycles. The van der Waals surface area contributed by atoms with Crippen molar-refractivity contribution in [1.82, 2.24) is 5.32 Å².